The number of anilines is 1. The first-order valence-corrected chi connectivity index (χ1v) is 7.74. The van der Waals surface area contributed by atoms with Crippen LogP contribution in [-0.2, 0) is 0 Å². The van der Waals surface area contributed by atoms with Crippen molar-refractivity contribution in [3.05, 3.63) is 64.1 Å². The first-order chi connectivity index (χ1) is 10.3. The predicted octanol–water partition coefficient (Wildman–Crippen LogP) is 2.96. The van der Waals surface area contributed by atoms with Crippen LogP contribution in [0.3, 0.4) is 0 Å². The molecule has 21 heavy (non-hydrogen) atoms. The molecule has 104 valence electrons. The van der Waals surface area contributed by atoms with E-state index in [1.165, 1.54) is 11.3 Å². The van der Waals surface area contributed by atoms with Gasteiger partial charge in [0.15, 0.2) is 5.78 Å². The second kappa shape index (κ2) is 4.86. The molecule has 4 nitrogen and oxygen atoms in total. The summed E-state index contributed by atoms with van der Waals surface area (Å²) < 4.78 is 0. The first-order valence-electron chi connectivity index (χ1n) is 6.79. The van der Waals surface area contributed by atoms with E-state index in [2.05, 4.69) is 21.3 Å². The fraction of sp³-hybridized carbons (Fsp3) is 0.125. The average molecular weight is 295 g/mol. The Kier molecular flexibility index (Phi) is 2.86. The van der Waals surface area contributed by atoms with Gasteiger partial charge in [-0.05, 0) is 23.6 Å². The van der Waals surface area contributed by atoms with Crippen LogP contribution in [0.2, 0.25) is 0 Å². The number of nitrogens with zero attached hydrogens (tertiary/aromatic N) is 2. The standard InChI is InChI=1S/C16H13N3OS/c20-14(11-5-8-21-10-11)9-15-18-13-4-2-1-3-12(13)16-17-6-7-19(15)16/h1-5,8-10,18H,6-7H2/b15-9+. The van der Waals surface area contributed by atoms with Crippen molar-refractivity contribution in [1.82, 2.24) is 4.90 Å². The number of nitrogens with one attached hydrogen (secondary N) is 1. The zero-order valence-corrected chi connectivity index (χ0v) is 12.1. The number of carbonyl (C=O) groups excluding carboxylic acids is 1. The monoisotopic (exact) mass is 295 g/mol. The highest BCUT2D eigenvalue weighted by atomic mass is 32.1. The molecule has 0 bridgehead atoms. The van der Waals surface area contributed by atoms with E-state index in [-0.39, 0.29) is 5.78 Å². The number of hydrogen-bond donors (Lipinski definition) is 1. The molecular weight excluding hydrogens is 282 g/mol. The minimum absolute atomic E-state index is 0.0179. The van der Waals surface area contributed by atoms with Crippen molar-refractivity contribution in [2.45, 2.75) is 0 Å². The SMILES string of the molecule is O=C(/C=C1\Nc2ccccc2C2=NCCN21)c1ccsc1. The fourth-order valence-corrected chi connectivity index (χ4v) is 3.28. The van der Waals surface area contributed by atoms with Crippen molar-refractivity contribution < 1.29 is 4.79 Å². The number of rotatable bonds is 2. The summed E-state index contributed by atoms with van der Waals surface area (Å²) in [4.78, 5) is 18.9. The van der Waals surface area contributed by atoms with Gasteiger partial charge in [-0.25, -0.2) is 0 Å². The average Bonchev–Trinajstić information content (AvgIpc) is 3.19. The molecule has 0 amide bonds. The first kappa shape index (κ1) is 12.3. The second-order valence-electron chi connectivity index (χ2n) is 4.93. The number of carbonyl (C=O) groups is 1. The van der Waals surface area contributed by atoms with E-state index in [1.54, 1.807) is 6.08 Å². The molecule has 3 heterocycles. The molecule has 0 atom stereocenters. The van der Waals surface area contributed by atoms with Crippen molar-refractivity contribution in [2.75, 3.05) is 18.4 Å². The third-order valence-electron chi connectivity index (χ3n) is 3.64. The van der Waals surface area contributed by atoms with Gasteiger partial charge in [-0.3, -0.25) is 9.79 Å². The topological polar surface area (TPSA) is 44.7 Å². The smallest absolute Gasteiger partial charge is 0.190 e. The van der Waals surface area contributed by atoms with E-state index in [0.29, 0.717) is 0 Å². The molecule has 0 radical (unpaired) electrons. The van der Waals surface area contributed by atoms with Gasteiger partial charge in [-0.15, -0.1) is 0 Å². The zero-order chi connectivity index (χ0) is 14.2. The molecule has 0 fully saturated rings. The van der Waals surface area contributed by atoms with E-state index in [4.69, 9.17) is 0 Å². The van der Waals surface area contributed by atoms with Crippen molar-refractivity contribution >= 4 is 28.6 Å². The van der Waals surface area contributed by atoms with E-state index in [0.717, 1.165) is 41.6 Å². The van der Waals surface area contributed by atoms with Gasteiger partial charge in [0.25, 0.3) is 0 Å². The van der Waals surface area contributed by atoms with E-state index in [1.807, 2.05) is 35.0 Å². The molecular formula is C16H13N3OS. The fourth-order valence-electron chi connectivity index (χ4n) is 2.63. The van der Waals surface area contributed by atoms with Gasteiger partial charge in [-0.2, -0.15) is 11.3 Å². The highest BCUT2D eigenvalue weighted by Crippen LogP contribution is 2.29. The Morgan fingerprint density at radius 2 is 2.24 bits per heavy atom. The number of ketones is 1. The van der Waals surface area contributed by atoms with Crippen LogP contribution in [0.5, 0.6) is 0 Å². The lowest BCUT2D eigenvalue weighted by atomic mass is 10.1. The Labute approximate surface area is 126 Å². The molecule has 2 aliphatic rings. The minimum Gasteiger partial charge on any atom is -0.341 e. The lowest BCUT2D eigenvalue weighted by Gasteiger charge is -2.31. The number of aliphatic imine (C=N–C) groups is 1. The number of para-hydroxylation sites is 1. The van der Waals surface area contributed by atoms with Gasteiger partial charge in [0.1, 0.15) is 11.7 Å². The van der Waals surface area contributed by atoms with E-state index in [9.17, 15) is 4.79 Å². The van der Waals surface area contributed by atoms with Crippen molar-refractivity contribution in [2.24, 2.45) is 4.99 Å². The van der Waals surface area contributed by atoms with Crippen LogP contribution in [0.25, 0.3) is 0 Å². The maximum Gasteiger partial charge on any atom is 0.190 e. The van der Waals surface area contributed by atoms with Crippen LogP contribution < -0.4 is 5.32 Å². The summed E-state index contributed by atoms with van der Waals surface area (Å²) in [6, 6.07) is 9.90. The number of fused-ring (bicyclic) bond motifs is 3. The summed E-state index contributed by atoms with van der Waals surface area (Å²) in [7, 11) is 0. The number of benzene rings is 1. The summed E-state index contributed by atoms with van der Waals surface area (Å²) in [5, 5.41) is 7.13. The number of thiophene rings is 1. The summed E-state index contributed by atoms with van der Waals surface area (Å²) in [5.74, 6) is 1.78. The van der Waals surface area contributed by atoms with Gasteiger partial charge >= 0.3 is 0 Å². The van der Waals surface area contributed by atoms with Gasteiger partial charge in [0.2, 0.25) is 0 Å². The van der Waals surface area contributed by atoms with Gasteiger partial charge in [0.05, 0.1) is 12.2 Å². The highest BCUT2D eigenvalue weighted by molar-refractivity contribution is 7.08. The largest absolute Gasteiger partial charge is 0.341 e. The third-order valence-corrected chi connectivity index (χ3v) is 4.32. The number of hydrogen-bond acceptors (Lipinski definition) is 5. The molecule has 2 aliphatic heterocycles. The summed E-state index contributed by atoms with van der Waals surface area (Å²) >= 11 is 1.53. The Morgan fingerprint density at radius 3 is 3.10 bits per heavy atom. The molecule has 0 spiro atoms. The van der Waals surface area contributed by atoms with Crippen LogP contribution in [0.15, 0.2) is 58.0 Å². The molecule has 4 rings (SSSR count). The van der Waals surface area contributed by atoms with E-state index >= 15 is 0 Å². The normalized spacial score (nSPS) is 18.0. The van der Waals surface area contributed by atoms with Gasteiger partial charge < -0.3 is 10.2 Å². The van der Waals surface area contributed by atoms with Crippen molar-refractivity contribution in [1.29, 1.82) is 0 Å². The molecule has 1 aromatic carbocycles. The number of allylic oxidation sites excluding steroid dienone is 1. The molecule has 0 saturated carbocycles. The minimum atomic E-state index is 0.0179. The Hall–Kier alpha value is -2.40. The molecule has 2 aromatic rings. The lowest BCUT2D eigenvalue weighted by molar-refractivity contribution is 0.104. The van der Waals surface area contributed by atoms with Crippen LogP contribution in [0.4, 0.5) is 5.69 Å². The Balaban J connectivity index is 1.75. The van der Waals surface area contributed by atoms with Gasteiger partial charge in [0, 0.05) is 29.1 Å². The Morgan fingerprint density at radius 1 is 1.33 bits per heavy atom. The summed E-state index contributed by atoms with van der Waals surface area (Å²) in [6.45, 7) is 1.56. The van der Waals surface area contributed by atoms with Crippen LogP contribution in [0, 0.1) is 0 Å². The van der Waals surface area contributed by atoms with Crippen molar-refractivity contribution in [3.63, 3.8) is 0 Å². The molecule has 0 saturated heterocycles. The maximum atomic E-state index is 12.3. The number of amidine groups is 1. The van der Waals surface area contributed by atoms with Crippen molar-refractivity contribution in [3.8, 4) is 0 Å². The Bertz CT molecular complexity index is 762. The predicted molar refractivity (Wildman–Crippen MR) is 84.9 cm³/mol. The summed E-state index contributed by atoms with van der Waals surface area (Å²) in [5.41, 5.74) is 2.82. The second-order valence-corrected chi connectivity index (χ2v) is 5.71. The maximum absolute atomic E-state index is 12.3. The molecule has 0 aliphatic carbocycles. The van der Waals surface area contributed by atoms with Crippen LogP contribution in [-0.4, -0.2) is 29.6 Å². The quantitative estimate of drug-likeness (QED) is 0.684. The molecule has 1 aromatic heterocycles. The molecule has 1 N–H and O–H groups in total. The van der Waals surface area contributed by atoms with Crippen LogP contribution >= 0.6 is 11.3 Å². The molecule has 5 heteroatoms. The lowest BCUT2D eigenvalue weighted by Crippen LogP contribution is -2.36. The van der Waals surface area contributed by atoms with Gasteiger partial charge in [-0.1, -0.05) is 12.1 Å². The molecule has 0 unspecified atom stereocenters. The van der Waals surface area contributed by atoms with Crippen LogP contribution in [0.1, 0.15) is 15.9 Å². The zero-order valence-electron chi connectivity index (χ0n) is 11.2. The highest BCUT2D eigenvalue weighted by Gasteiger charge is 2.29. The summed E-state index contributed by atoms with van der Waals surface area (Å²) in [6.07, 6.45) is 1.67. The van der Waals surface area contributed by atoms with E-state index < -0.39 is 0 Å². The third kappa shape index (κ3) is 2.06.